The summed E-state index contributed by atoms with van der Waals surface area (Å²) < 4.78 is 5.50. The van der Waals surface area contributed by atoms with E-state index in [1.54, 1.807) is 55.5 Å². The van der Waals surface area contributed by atoms with Gasteiger partial charge in [-0.3, -0.25) is 14.5 Å². The molecule has 0 saturated heterocycles. The van der Waals surface area contributed by atoms with Crippen LogP contribution in [0.15, 0.2) is 48.5 Å². The summed E-state index contributed by atoms with van der Waals surface area (Å²) in [6, 6.07) is 13.3. The maximum atomic E-state index is 13.4. The van der Waals surface area contributed by atoms with Gasteiger partial charge in [0.2, 0.25) is 5.91 Å². The number of carbonyl (C=O) groups excluding carboxylic acids is 2. The van der Waals surface area contributed by atoms with Crippen LogP contribution in [-0.4, -0.2) is 55.5 Å². The van der Waals surface area contributed by atoms with Crippen LogP contribution < -0.4 is 15.0 Å². The molecule has 0 aliphatic carbocycles. The van der Waals surface area contributed by atoms with Crippen LogP contribution in [-0.2, 0) is 4.79 Å². The van der Waals surface area contributed by atoms with Crippen molar-refractivity contribution in [3.63, 3.8) is 0 Å². The molecule has 1 atom stereocenters. The summed E-state index contributed by atoms with van der Waals surface area (Å²) in [5.41, 5.74) is 0.945. The van der Waals surface area contributed by atoms with Gasteiger partial charge in [-0.1, -0.05) is 37.6 Å². The molecule has 0 spiro atoms. The van der Waals surface area contributed by atoms with Gasteiger partial charge in [0.15, 0.2) is 0 Å². The van der Waals surface area contributed by atoms with Gasteiger partial charge in [-0.2, -0.15) is 0 Å². The lowest BCUT2D eigenvalue weighted by Crippen LogP contribution is -2.49. The molecule has 0 aliphatic heterocycles. The van der Waals surface area contributed by atoms with E-state index < -0.39 is 6.04 Å². The Labute approximate surface area is 190 Å². The van der Waals surface area contributed by atoms with E-state index in [4.69, 9.17) is 16.3 Å². The molecule has 0 aromatic heterocycles. The second-order valence-corrected chi connectivity index (χ2v) is 7.48. The largest absolute Gasteiger partial charge is 0.494 e. The second kappa shape index (κ2) is 12.3. The fourth-order valence-electron chi connectivity index (χ4n) is 3.29. The summed E-state index contributed by atoms with van der Waals surface area (Å²) >= 11 is 6.28. The highest BCUT2D eigenvalue weighted by Crippen LogP contribution is 2.26. The van der Waals surface area contributed by atoms with Gasteiger partial charge in [0.05, 0.1) is 17.2 Å². The van der Waals surface area contributed by atoms with Gasteiger partial charge in [-0.25, -0.2) is 0 Å². The minimum absolute atomic E-state index is 0.221. The van der Waals surface area contributed by atoms with E-state index in [1.807, 2.05) is 6.92 Å². The highest BCUT2D eigenvalue weighted by molar-refractivity contribution is 6.34. The van der Waals surface area contributed by atoms with Crippen molar-refractivity contribution in [2.24, 2.45) is 0 Å². The minimum Gasteiger partial charge on any atom is -0.494 e. The van der Waals surface area contributed by atoms with E-state index in [1.165, 1.54) is 4.90 Å². The average molecular weight is 446 g/mol. The van der Waals surface area contributed by atoms with Crippen LogP contribution in [0.2, 0.25) is 5.02 Å². The lowest BCUT2D eigenvalue weighted by atomic mass is 10.1. The smallest absolute Gasteiger partial charge is 0.260 e. The highest BCUT2D eigenvalue weighted by atomic mass is 35.5. The Bertz CT molecular complexity index is 853. The Morgan fingerprint density at radius 2 is 1.68 bits per heavy atom. The molecule has 1 N–H and O–H groups in total. The van der Waals surface area contributed by atoms with Gasteiger partial charge in [-0.15, -0.1) is 0 Å². The third-order valence-corrected chi connectivity index (χ3v) is 5.47. The quantitative estimate of drug-likeness (QED) is 0.562. The van der Waals surface area contributed by atoms with Crippen molar-refractivity contribution in [3.8, 4) is 5.75 Å². The van der Waals surface area contributed by atoms with Gasteiger partial charge in [-0.05, 0) is 63.3 Å². The number of anilines is 1. The first-order chi connectivity index (χ1) is 14.9. The van der Waals surface area contributed by atoms with Crippen molar-refractivity contribution >= 4 is 29.1 Å². The van der Waals surface area contributed by atoms with Crippen LogP contribution >= 0.6 is 11.6 Å². The number of hydrogen-bond donors (Lipinski definition) is 1. The number of benzene rings is 2. The number of likely N-dealkylation sites (N-methyl/N-ethyl adjacent to an activating group) is 1. The van der Waals surface area contributed by atoms with E-state index in [-0.39, 0.29) is 11.8 Å². The summed E-state index contributed by atoms with van der Waals surface area (Å²) in [7, 11) is 0. The Morgan fingerprint density at radius 1 is 1.03 bits per heavy atom. The molecular formula is C24H32ClN3O3. The summed E-state index contributed by atoms with van der Waals surface area (Å²) in [5.74, 6) is 0.148. The molecule has 2 aromatic carbocycles. The van der Waals surface area contributed by atoms with Crippen LogP contribution in [0.1, 0.15) is 38.1 Å². The lowest BCUT2D eigenvalue weighted by Gasteiger charge is -2.29. The monoisotopic (exact) mass is 445 g/mol. The van der Waals surface area contributed by atoms with E-state index in [0.717, 1.165) is 19.6 Å². The van der Waals surface area contributed by atoms with Gasteiger partial charge < -0.3 is 15.0 Å². The molecule has 0 radical (unpaired) electrons. The molecule has 1 unspecified atom stereocenters. The number of nitrogens with zero attached hydrogens (tertiary/aromatic N) is 2. The Balaban J connectivity index is 2.27. The average Bonchev–Trinajstić information content (AvgIpc) is 2.78. The van der Waals surface area contributed by atoms with Crippen LogP contribution in [0, 0.1) is 0 Å². The number of carbonyl (C=O) groups is 2. The molecule has 168 valence electrons. The molecule has 31 heavy (non-hydrogen) atoms. The molecule has 2 rings (SSSR count). The first-order valence-electron chi connectivity index (χ1n) is 10.7. The molecular weight excluding hydrogens is 414 g/mol. The fraction of sp³-hybridized carbons (Fsp3) is 0.417. The van der Waals surface area contributed by atoms with E-state index in [0.29, 0.717) is 35.2 Å². The minimum atomic E-state index is -0.724. The van der Waals surface area contributed by atoms with Crippen molar-refractivity contribution in [2.75, 3.05) is 37.7 Å². The maximum absolute atomic E-state index is 13.4. The molecule has 2 aromatic rings. The zero-order valence-corrected chi connectivity index (χ0v) is 19.5. The standard InChI is InChI=1S/C24H32ClN3O3/c1-5-27(6-2)17-16-26-23(29)18(4)28(19-12-14-20(15-13-19)31-7-3)24(30)21-10-8-9-11-22(21)25/h8-15,18H,5-7,16-17H2,1-4H3,(H,26,29). The van der Waals surface area contributed by atoms with Gasteiger partial charge >= 0.3 is 0 Å². The third kappa shape index (κ3) is 6.71. The predicted octanol–water partition coefficient (Wildman–Crippen LogP) is 4.23. The zero-order chi connectivity index (χ0) is 22.8. The first kappa shape index (κ1) is 24.7. The second-order valence-electron chi connectivity index (χ2n) is 7.08. The Hall–Kier alpha value is -2.57. The van der Waals surface area contributed by atoms with Crippen LogP contribution in [0.4, 0.5) is 5.69 Å². The molecule has 0 aliphatic rings. The van der Waals surface area contributed by atoms with Crippen molar-refractivity contribution in [2.45, 2.75) is 33.7 Å². The SMILES string of the molecule is CCOc1ccc(N(C(=O)c2ccccc2Cl)C(C)C(=O)NCCN(CC)CC)cc1. The van der Waals surface area contributed by atoms with Crippen LogP contribution in [0.3, 0.4) is 0 Å². The van der Waals surface area contributed by atoms with Gasteiger partial charge in [0, 0.05) is 18.8 Å². The molecule has 0 saturated carbocycles. The molecule has 0 fully saturated rings. The molecule has 0 bridgehead atoms. The highest BCUT2D eigenvalue weighted by Gasteiger charge is 2.29. The summed E-state index contributed by atoms with van der Waals surface area (Å²) in [4.78, 5) is 30.0. The van der Waals surface area contributed by atoms with E-state index in [9.17, 15) is 9.59 Å². The fourth-order valence-corrected chi connectivity index (χ4v) is 3.51. The van der Waals surface area contributed by atoms with E-state index >= 15 is 0 Å². The molecule has 6 nitrogen and oxygen atoms in total. The normalized spacial score (nSPS) is 11.8. The van der Waals surface area contributed by atoms with Crippen molar-refractivity contribution < 1.29 is 14.3 Å². The van der Waals surface area contributed by atoms with Gasteiger partial charge in [0.25, 0.3) is 5.91 Å². The summed E-state index contributed by atoms with van der Waals surface area (Å²) in [6.45, 7) is 11.5. The topological polar surface area (TPSA) is 61.9 Å². The van der Waals surface area contributed by atoms with Gasteiger partial charge in [0.1, 0.15) is 11.8 Å². The zero-order valence-electron chi connectivity index (χ0n) is 18.7. The maximum Gasteiger partial charge on any atom is 0.260 e. The predicted molar refractivity (Wildman–Crippen MR) is 126 cm³/mol. The van der Waals surface area contributed by atoms with Crippen LogP contribution in [0.5, 0.6) is 5.75 Å². The number of halogens is 1. The Kier molecular flexibility index (Phi) is 9.82. The summed E-state index contributed by atoms with van der Waals surface area (Å²) in [5, 5.41) is 3.30. The number of rotatable bonds is 11. The summed E-state index contributed by atoms with van der Waals surface area (Å²) in [6.07, 6.45) is 0. The van der Waals surface area contributed by atoms with Crippen molar-refractivity contribution in [1.82, 2.24) is 10.2 Å². The van der Waals surface area contributed by atoms with Crippen molar-refractivity contribution in [3.05, 3.63) is 59.1 Å². The molecule has 2 amide bonds. The van der Waals surface area contributed by atoms with Crippen LogP contribution in [0.25, 0.3) is 0 Å². The molecule has 7 heteroatoms. The van der Waals surface area contributed by atoms with Crippen molar-refractivity contribution in [1.29, 1.82) is 0 Å². The third-order valence-electron chi connectivity index (χ3n) is 5.14. The number of amides is 2. The van der Waals surface area contributed by atoms with E-state index in [2.05, 4.69) is 24.1 Å². The Morgan fingerprint density at radius 3 is 2.26 bits per heavy atom. The number of nitrogens with one attached hydrogen (secondary N) is 1. The first-order valence-corrected chi connectivity index (χ1v) is 11.1. The molecule has 0 heterocycles. The number of hydrogen-bond acceptors (Lipinski definition) is 4. The number of ether oxygens (including phenoxy) is 1. The lowest BCUT2D eigenvalue weighted by molar-refractivity contribution is -0.122.